The van der Waals surface area contributed by atoms with Crippen molar-refractivity contribution in [3.8, 4) is 5.75 Å². The Balaban J connectivity index is 2.14. The molecule has 0 aliphatic carbocycles. The largest absolute Gasteiger partial charge is 0.491 e. The molecule has 2 amide bonds. The van der Waals surface area contributed by atoms with Crippen LogP contribution in [0.25, 0.3) is 0 Å². The van der Waals surface area contributed by atoms with Crippen molar-refractivity contribution in [2.45, 2.75) is 71.2 Å². The summed E-state index contributed by atoms with van der Waals surface area (Å²) in [6.45, 7) is 6.15. The van der Waals surface area contributed by atoms with Gasteiger partial charge in [-0.1, -0.05) is 56.3 Å². The fraction of sp³-hybridized carbons (Fsp3) is 0.500. The number of halogens is 4. The topological polar surface area (TPSA) is 61.8 Å². The average Bonchev–Trinajstić information content (AvgIpc) is 2.77. The van der Waals surface area contributed by atoms with E-state index in [0.717, 1.165) is 49.8 Å². The summed E-state index contributed by atoms with van der Waals surface area (Å²) in [6, 6.07) is 9.72. The molecule has 0 bridgehead atoms. The smallest absolute Gasteiger partial charge is 0.418 e. The zero-order valence-electron chi connectivity index (χ0n) is 20.4. The molecule has 2 aromatic rings. The molecule has 0 unspecified atom stereocenters. The fourth-order valence-corrected chi connectivity index (χ4v) is 3.56. The molecule has 0 radical (unpaired) electrons. The molecule has 9 heteroatoms. The number of rotatable bonds is 12. The highest BCUT2D eigenvalue weighted by Gasteiger charge is 2.34. The lowest BCUT2D eigenvalue weighted by Gasteiger charge is -2.25. The highest BCUT2D eigenvalue weighted by molar-refractivity contribution is 6.30. The maximum Gasteiger partial charge on any atom is 0.418 e. The normalized spacial score (nSPS) is 11.9. The molecule has 0 aromatic heterocycles. The second kappa shape index (κ2) is 13.0. The number of carbonyl (C=O) groups is 1. The number of aliphatic hydroxyl groups is 1. The first kappa shape index (κ1) is 28.8. The number of urea groups is 1. The van der Waals surface area contributed by atoms with Gasteiger partial charge in [-0.15, -0.1) is 0 Å². The Bertz CT molecular complexity index is 944. The van der Waals surface area contributed by atoms with Crippen molar-refractivity contribution >= 4 is 23.3 Å². The number of hydrogen-bond donors (Lipinski definition) is 2. The van der Waals surface area contributed by atoms with E-state index in [1.807, 2.05) is 0 Å². The number of benzene rings is 2. The lowest BCUT2D eigenvalue weighted by Crippen LogP contribution is -2.35. The highest BCUT2D eigenvalue weighted by Crippen LogP contribution is 2.36. The number of nitrogens with zero attached hydrogens (tertiary/aromatic N) is 1. The Morgan fingerprint density at radius 2 is 1.71 bits per heavy atom. The van der Waals surface area contributed by atoms with Gasteiger partial charge >= 0.3 is 12.2 Å². The van der Waals surface area contributed by atoms with Crippen LogP contribution in [0.1, 0.15) is 64.0 Å². The van der Waals surface area contributed by atoms with Gasteiger partial charge in [0.2, 0.25) is 0 Å². The van der Waals surface area contributed by atoms with Gasteiger partial charge in [0.05, 0.1) is 16.9 Å². The lowest BCUT2D eigenvalue weighted by atomic mass is 10.1. The van der Waals surface area contributed by atoms with Gasteiger partial charge in [-0.05, 0) is 56.2 Å². The minimum atomic E-state index is -4.66. The number of amides is 2. The number of alkyl halides is 3. The summed E-state index contributed by atoms with van der Waals surface area (Å²) in [4.78, 5) is 14.6. The molecule has 0 spiro atoms. The molecule has 0 aliphatic rings. The van der Waals surface area contributed by atoms with E-state index in [1.54, 1.807) is 38.1 Å². The van der Waals surface area contributed by atoms with Gasteiger partial charge < -0.3 is 20.1 Å². The van der Waals surface area contributed by atoms with E-state index in [9.17, 15) is 23.1 Å². The van der Waals surface area contributed by atoms with E-state index in [0.29, 0.717) is 12.3 Å². The standard InChI is InChI=1S/C26H34ClF3N2O3/c1-4-5-6-7-8-15-32(17-19-9-12-21(13-10-19)35-18-25(2,3)34)24(33)31-23-14-11-20(27)16-22(23)26(28,29)30/h9-14,16,34H,4-8,15,17-18H2,1-3H3,(H,31,33). The molecule has 0 atom stereocenters. The van der Waals surface area contributed by atoms with Gasteiger partial charge in [0.1, 0.15) is 12.4 Å². The Labute approximate surface area is 210 Å². The van der Waals surface area contributed by atoms with E-state index >= 15 is 0 Å². The second-order valence-electron chi connectivity index (χ2n) is 9.20. The molecule has 0 fully saturated rings. The molecular formula is C26H34ClF3N2O3. The fourth-order valence-electron chi connectivity index (χ4n) is 3.38. The monoisotopic (exact) mass is 514 g/mol. The zero-order valence-corrected chi connectivity index (χ0v) is 21.2. The van der Waals surface area contributed by atoms with Crippen molar-refractivity contribution in [2.75, 3.05) is 18.5 Å². The van der Waals surface area contributed by atoms with Crippen molar-refractivity contribution in [3.05, 3.63) is 58.6 Å². The molecule has 2 N–H and O–H groups in total. The first-order valence-electron chi connectivity index (χ1n) is 11.8. The number of hydrogen-bond acceptors (Lipinski definition) is 3. The van der Waals surface area contributed by atoms with Crippen LogP contribution in [0.2, 0.25) is 5.02 Å². The van der Waals surface area contributed by atoms with Gasteiger partial charge in [0.25, 0.3) is 0 Å². The Hall–Kier alpha value is -2.45. The maximum absolute atomic E-state index is 13.5. The van der Waals surface area contributed by atoms with E-state index in [1.165, 1.54) is 11.0 Å². The number of anilines is 1. The third kappa shape index (κ3) is 10.4. The molecular weight excluding hydrogens is 481 g/mol. The lowest BCUT2D eigenvalue weighted by molar-refractivity contribution is -0.136. The average molecular weight is 515 g/mol. The van der Waals surface area contributed by atoms with E-state index < -0.39 is 23.4 Å². The van der Waals surface area contributed by atoms with E-state index in [2.05, 4.69) is 12.2 Å². The summed E-state index contributed by atoms with van der Waals surface area (Å²) in [7, 11) is 0. The van der Waals surface area contributed by atoms with Crippen molar-refractivity contribution in [1.82, 2.24) is 4.90 Å². The Morgan fingerprint density at radius 3 is 2.31 bits per heavy atom. The molecule has 0 heterocycles. The van der Waals surface area contributed by atoms with Crippen LogP contribution in [-0.4, -0.2) is 34.8 Å². The number of ether oxygens (including phenoxy) is 1. The number of unbranched alkanes of at least 4 members (excludes halogenated alkanes) is 4. The van der Waals surface area contributed by atoms with Crippen LogP contribution < -0.4 is 10.1 Å². The van der Waals surface area contributed by atoms with Crippen LogP contribution in [0.3, 0.4) is 0 Å². The van der Waals surface area contributed by atoms with Crippen LogP contribution in [0.5, 0.6) is 5.75 Å². The maximum atomic E-state index is 13.5. The third-order valence-electron chi connectivity index (χ3n) is 5.24. The summed E-state index contributed by atoms with van der Waals surface area (Å²) in [5.74, 6) is 0.572. The Kier molecular flexibility index (Phi) is 10.7. The van der Waals surface area contributed by atoms with Gasteiger partial charge in [0.15, 0.2) is 0 Å². The van der Waals surface area contributed by atoms with Crippen LogP contribution in [0.15, 0.2) is 42.5 Å². The molecule has 0 saturated carbocycles. The van der Waals surface area contributed by atoms with Gasteiger partial charge in [-0.2, -0.15) is 13.2 Å². The summed E-state index contributed by atoms with van der Waals surface area (Å²) in [5, 5.41) is 12.2. The van der Waals surface area contributed by atoms with Crippen LogP contribution in [0, 0.1) is 0 Å². The summed E-state index contributed by atoms with van der Waals surface area (Å²) in [6.07, 6.45) is 0.232. The first-order valence-corrected chi connectivity index (χ1v) is 12.1. The SMILES string of the molecule is CCCCCCCN(Cc1ccc(OCC(C)(C)O)cc1)C(=O)Nc1ccc(Cl)cc1C(F)(F)F. The number of nitrogens with one attached hydrogen (secondary N) is 1. The number of carbonyl (C=O) groups excluding carboxylic acids is 1. The molecule has 0 aliphatic heterocycles. The predicted molar refractivity (Wildman–Crippen MR) is 133 cm³/mol. The van der Waals surface area contributed by atoms with Crippen molar-refractivity contribution in [2.24, 2.45) is 0 Å². The van der Waals surface area contributed by atoms with Gasteiger partial charge in [0, 0.05) is 18.1 Å². The second-order valence-corrected chi connectivity index (χ2v) is 9.64. The molecule has 5 nitrogen and oxygen atoms in total. The van der Waals surface area contributed by atoms with Crippen molar-refractivity contribution in [1.29, 1.82) is 0 Å². The summed E-state index contributed by atoms with van der Waals surface area (Å²) < 4.78 is 46.0. The summed E-state index contributed by atoms with van der Waals surface area (Å²) in [5.41, 5.74) is -1.49. The van der Waals surface area contributed by atoms with Crippen molar-refractivity contribution < 1.29 is 27.8 Å². The summed E-state index contributed by atoms with van der Waals surface area (Å²) >= 11 is 5.75. The molecule has 2 aromatic carbocycles. The molecule has 194 valence electrons. The van der Waals surface area contributed by atoms with E-state index in [4.69, 9.17) is 16.3 Å². The predicted octanol–water partition coefficient (Wildman–Crippen LogP) is 7.51. The minimum Gasteiger partial charge on any atom is -0.491 e. The van der Waals surface area contributed by atoms with Crippen LogP contribution in [-0.2, 0) is 12.7 Å². The van der Waals surface area contributed by atoms with Crippen LogP contribution >= 0.6 is 11.6 Å². The minimum absolute atomic E-state index is 0.0602. The van der Waals surface area contributed by atoms with Crippen LogP contribution in [0.4, 0.5) is 23.7 Å². The third-order valence-corrected chi connectivity index (χ3v) is 5.47. The highest BCUT2D eigenvalue weighted by atomic mass is 35.5. The van der Waals surface area contributed by atoms with E-state index in [-0.39, 0.29) is 23.9 Å². The molecule has 2 rings (SSSR count). The molecule has 35 heavy (non-hydrogen) atoms. The quantitative estimate of drug-likeness (QED) is 0.288. The zero-order chi connectivity index (χ0) is 26.1. The Morgan fingerprint density at radius 1 is 1.06 bits per heavy atom. The van der Waals surface area contributed by atoms with Gasteiger partial charge in [-0.25, -0.2) is 4.79 Å². The van der Waals surface area contributed by atoms with Crippen molar-refractivity contribution in [3.63, 3.8) is 0 Å². The molecule has 0 saturated heterocycles. The van der Waals surface area contributed by atoms with Gasteiger partial charge in [-0.3, -0.25) is 0 Å². The first-order chi connectivity index (χ1) is 16.4.